The number of carbonyl (C=O) groups excluding carboxylic acids is 2. The van der Waals surface area contributed by atoms with E-state index in [1.54, 1.807) is 35.6 Å². The molecule has 0 aliphatic rings. The Bertz CT molecular complexity index is 1040. The Hall–Kier alpha value is -2.90. The van der Waals surface area contributed by atoms with E-state index in [2.05, 4.69) is 25.7 Å². The molecular weight excluding hydrogens is 410 g/mol. The number of anilines is 2. The van der Waals surface area contributed by atoms with Gasteiger partial charge in [0, 0.05) is 16.6 Å². The smallest absolute Gasteiger partial charge is 0.248 e. The molecule has 3 aromatic rings. The van der Waals surface area contributed by atoms with Gasteiger partial charge >= 0.3 is 0 Å². The lowest BCUT2D eigenvalue weighted by Gasteiger charge is -2.30. The summed E-state index contributed by atoms with van der Waals surface area (Å²) in [4.78, 5) is 27.6. The third kappa shape index (κ3) is 5.37. The number of nitrogens with two attached hydrogens (primary N) is 2. The number of thiophene rings is 1. The molecule has 0 atom stereocenters. The molecule has 0 saturated heterocycles. The van der Waals surface area contributed by atoms with Crippen molar-refractivity contribution in [2.75, 3.05) is 16.8 Å². The van der Waals surface area contributed by atoms with Crippen LogP contribution in [0.2, 0.25) is 19.6 Å². The van der Waals surface area contributed by atoms with Crippen molar-refractivity contribution >= 4 is 42.6 Å². The summed E-state index contributed by atoms with van der Waals surface area (Å²) in [6, 6.07) is 16.8. The second kappa shape index (κ2) is 8.85. The molecule has 0 bridgehead atoms. The van der Waals surface area contributed by atoms with Gasteiger partial charge in [-0.1, -0.05) is 43.9 Å². The molecule has 2 amide bonds. The lowest BCUT2D eigenvalue weighted by atomic mass is 10.1. The molecule has 5 nitrogen and oxygen atoms in total. The molecule has 1 aromatic heterocycles. The van der Waals surface area contributed by atoms with Gasteiger partial charge in [-0.2, -0.15) is 0 Å². The summed E-state index contributed by atoms with van der Waals surface area (Å²) in [5.41, 5.74) is 15.3. The molecule has 3 rings (SSSR count). The van der Waals surface area contributed by atoms with Crippen LogP contribution in [-0.2, 0) is 11.2 Å². The molecule has 0 radical (unpaired) electrons. The summed E-state index contributed by atoms with van der Waals surface area (Å²) in [6.07, 6.45) is 0.898. The fourth-order valence-corrected chi connectivity index (χ4v) is 5.23. The Labute approximate surface area is 182 Å². The standard InChI is InChI=1S/C23H27N3O2SSi/c1-30(2,3)15-26(22(27)13-16-6-8-17(9-7-16)23(25)28)20-14-18(10-11-19(20)24)21-5-4-12-29-21/h4-12,14H,13,15,24H2,1-3H3,(H2,25,28). The minimum atomic E-state index is -1.62. The number of nitrogen functional groups attached to an aromatic ring is 1. The summed E-state index contributed by atoms with van der Waals surface area (Å²) in [5, 5.41) is 2.03. The molecule has 0 unspecified atom stereocenters. The van der Waals surface area contributed by atoms with E-state index in [0.717, 1.165) is 21.7 Å². The van der Waals surface area contributed by atoms with Crippen molar-refractivity contribution < 1.29 is 9.59 Å². The van der Waals surface area contributed by atoms with Crippen LogP contribution in [0.4, 0.5) is 11.4 Å². The van der Waals surface area contributed by atoms with Gasteiger partial charge in [0.05, 0.1) is 25.9 Å². The average Bonchev–Trinajstić information content (AvgIpc) is 3.21. The summed E-state index contributed by atoms with van der Waals surface area (Å²) in [7, 11) is -1.62. The number of hydrogen-bond acceptors (Lipinski definition) is 4. The SMILES string of the molecule is C[Si](C)(C)CN(C(=O)Cc1ccc(C(N)=O)cc1)c1cc(-c2cccs2)ccc1N. The number of nitrogens with zero attached hydrogens (tertiary/aromatic N) is 1. The van der Waals surface area contributed by atoms with Gasteiger partial charge < -0.3 is 16.4 Å². The first-order chi connectivity index (χ1) is 14.1. The number of hydrogen-bond donors (Lipinski definition) is 2. The van der Waals surface area contributed by atoms with Crippen molar-refractivity contribution in [2.45, 2.75) is 26.1 Å². The molecule has 2 aromatic carbocycles. The van der Waals surface area contributed by atoms with E-state index in [-0.39, 0.29) is 12.3 Å². The van der Waals surface area contributed by atoms with E-state index < -0.39 is 14.0 Å². The zero-order valence-corrected chi connectivity index (χ0v) is 19.3. The first-order valence-electron chi connectivity index (χ1n) is 9.76. The Kier molecular flexibility index (Phi) is 6.43. The molecule has 30 heavy (non-hydrogen) atoms. The van der Waals surface area contributed by atoms with E-state index in [1.165, 1.54) is 0 Å². The molecule has 156 valence electrons. The zero-order chi connectivity index (χ0) is 21.9. The van der Waals surface area contributed by atoms with Gasteiger partial charge in [0.25, 0.3) is 0 Å². The predicted octanol–water partition coefficient (Wildman–Crippen LogP) is 4.55. The van der Waals surface area contributed by atoms with Gasteiger partial charge in [-0.25, -0.2) is 0 Å². The second-order valence-corrected chi connectivity index (χ2v) is 14.9. The summed E-state index contributed by atoms with van der Waals surface area (Å²) in [6.45, 7) is 6.69. The first kappa shape index (κ1) is 21.8. The number of rotatable bonds is 7. The largest absolute Gasteiger partial charge is 0.397 e. The minimum Gasteiger partial charge on any atom is -0.397 e. The molecule has 0 aliphatic carbocycles. The van der Waals surface area contributed by atoms with Crippen LogP contribution in [0.25, 0.3) is 10.4 Å². The highest BCUT2D eigenvalue weighted by atomic mass is 32.1. The normalized spacial score (nSPS) is 11.3. The maximum absolute atomic E-state index is 13.4. The number of amides is 2. The van der Waals surface area contributed by atoms with E-state index in [1.807, 2.05) is 34.5 Å². The van der Waals surface area contributed by atoms with E-state index in [4.69, 9.17) is 11.5 Å². The maximum atomic E-state index is 13.4. The van der Waals surface area contributed by atoms with Crippen molar-refractivity contribution in [3.8, 4) is 10.4 Å². The van der Waals surface area contributed by atoms with Gasteiger partial charge in [0.1, 0.15) is 0 Å². The van der Waals surface area contributed by atoms with Gasteiger partial charge in [0.15, 0.2) is 0 Å². The van der Waals surface area contributed by atoms with Crippen LogP contribution >= 0.6 is 11.3 Å². The highest BCUT2D eigenvalue weighted by Crippen LogP contribution is 2.33. The Morgan fingerprint density at radius 3 is 2.30 bits per heavy atom. The molecule has 0 saturated carbocycles. The maximum Gasteiger partial charge on any atom is 0.248 e. The fourth-order valence-electron chi connectivity index (χ4n) is 3.21. The van der Waals surface area contributed by atoms with Gasteiger partial charge in [-0.15, -0.1) is 11.3 Å². The number of primary amides is 1. The van der Waals surface area contributed by atoms with Crippen molar-refractivity contribution in [3.05, 3.63) is 71.1 Å². The second-order valence-electron chi connectivity index (χ2n) is 8.53. The predicted molar refractivity (Wildman–Crippen MR) is 129 cm³/mol. The lowest BCUT2D eigenvalue weighted by molar-refractivity contribution is -0.117. The van der Waals surface area contributed by atoms with Crippen LogP contribution in [0.5, 0.6) is 0 Å². The topological polar surface area (TPSA) is 89.4 Å². The van der Waals surface area contributed by atoms with E-state index in [9.17, 15) is 9.59 Å². The van der Waals surface area contributed by atoms with E-state index >= 15 is 0 Å². The monoisotopic (exact) mass is 437 g/mol. The molecule has 7 heteroatoms. The van der Waals surface area contributed by atoms with Crippen LogP contribution in [0, 0.1) is 0 Å². The van der Waals surface area contributed by atoms with Gasteiger partial charge in [-0.05, 0) is 46.8 Å². The van der Waals surface area contributed by atoms with Crippen LogP contribution in [0.3, 0.4) is 0 Å². The molecule has 0 aliphatic heterocycles. The van der Waals surface area contributed by atoms with Crippen LogP contribution in [-0.4, -0.2) is 26.1 Å². The number of benzene rings is 2. The van der Waals surface area contributed by atoms with Gasteiger partial charge in [-0.3, -0.25) is 9.59 Å². The van der Waals surface area contributed by atoms with Crippen LogP contribution in [0.1, 0.15) is 15.9 Å². The molecule has 1 heterocycles. The molecule has 4 N–H and O–H groups in total. The molecular formula is C23H27N3O2SSi. The Balaban J connectivity index is 1.94. The van der Waals surface area contributed by atoms with Crippen molar-refractivity contribution in [3.63, 3.8) is 0 Å². The summed E-state index contributed by atoms with van der Waals surface area (Å²) in [5.74, 6) is -0.495. The lowest BCUT2D eigenvalue weighted by Crippen LogP contribution is -2.44. The first-order valence-corrected chi connectivity index (χ1v) is 14.4. The highest BCUT2D eigenvalue weighted by molar-refractivity contribution is 7.13. The average molecular weight is 438 g/mol. The quantitative estimate of drug-likeness (QED) is 0.420. The Morgan fingerprint density at radius 1 is 1.03 bits per heavy atom. The third-order valence-electron chi connectivity index (χ3n) is 4.65. The van der Waals surface area contributed by atoms with E-state index in [0.29, 0.717) is 17.4 Å². The van der Waals surface area contributed by atoms with Crippen LogP contribution in [0.15, 0.2) is 60.0 Å². The highest BCUT2D eigenvalue weighted by Gasteiger charge is 2.26. The summed E-state index contributed by atoms with van der Waals surface area (Å²) >= 11 is 1.66. The third-order valence-corrected chi connectivity index (χ3v) is 6.84. The van der Waals surface area contributed by atoms with Crippen molar-refractivity contribution in [2.24, 2.45) is 5.73 Å². The van der Waals surface area contributed by atoms with Crippen molar-refractivity contribution in [1.82, 2.24) is 0 Å². The molecule has 0 fully saturated rings. The summed E-state index contributed by atoms with van der Waals surface area (Å²) < 4.78 is 0. The van der Waals surface area contributed by atoms with Crippen molar-refractivity contribution in [1.29, 1.82) is 0 Å². The van der Waals surface area contributed by atoms with Crippen LogP contribution < -0.4 is 16.4 Å². The number of carbonyl (C=O) groups is 2. The zero-order valence-electron chi connectivity index (χ0n) is 17.5. The molecule has 0 spiro atoms. The minimum absolute atomic E-state index is 0.0146. The fraction of sp³-hybridized carbons (Fsp3) is 0.217. The Morgan fingerprint density at radius 2 is 1.73 bits per heavy atom. The van der Waals surface area contributed by atoms with Gasteiger partial charge in [0.2, 0.25) is 11.8 Å².